The van der Waals surface area contributed by atoms with Gasteiger partial charge in [0.05, 0.1) is 11.1 Å². The minimum Gasteiger partial charge on any atom is -0.351 e. The molecule has 1 aromatic carbocycles. The normalized spacial score (nSPS) is 11.6. The van der Waals surface area contributed by atoms with E-state index >= 15 is 0 Å². The van der Waals surface area contributed by atoms with E-state index in [1.807, 2.05) is 12.1 Å². The first-order valence-electron chi connectivity index (χ1n) is 6.57. The fraction of sp³-hybridized carbons (Fsp3) is 0.400. The number of halogens is 1. The van der Waals surface area contributed by atoms with Crippen LogP contribution in [0.3, 0.4) is 0 Å². The second-order valence-corrected chi connectivity index (χ2v) is 5.89. The van der Waals surface area contributed by atoms with Gasteiger partial charge < -0.3 is 5.32 Å². The highest BCUT2D eigenvalue weighted by Gasteiger charge is 2.19. The molecule has 0 aliphatic heterocycles. The Morgan fingerprint density at radius 2 is 2.05 bits per heavy atom. The fourth-order valence-electron chi connectivity index (χ4n) is 1.93. The average Bonchev–Trinajstić information content (AvgIpc) is 2.44. The molecule has 0 saturated carbocycles. The van der Waals surface area contributed by atoms with Gasteiger partial charge in [-0.05, 0) is 24.0 Å². The van der Waals surface area contributed by atoms with Crippen molar-refractivity contribution in [3.05, 3.63) is 36.2 Å². The van der Waals surface area contributed by atoms with Gasteiger partial charge >= 0.3 is 0 Å². The van der Waals surface area contributed by atoms with E-state index in [1.165, 1.54) is 0 Å². The maximum Gasteiger partial charge on any atom is 0.253 e. The number of hydrogen-bond donors (Lipinski definition) is 1. The standard InChI is InChI=1S/C15H18ClN3O/c1-15(2,6-7-16)10-19-14(20)11-4-3-5-12-13(11)18-9-8-17-12/h3-5,8-9H,6-7,10H2,1-2H3,(H,19,20). The van der Waals surface area contributed by atoms with Crippen molar-refractivity contribution in [3.63, 3.8) is 0 Å². The first-order chi connectivity index (χ1) is 9.53. The van der Waals surface area contributed by atoms with Crippen molar-refractivity contribution < 1.29 is 4.79 Å². The van der Waals surface area contributed by atoms with Crippen LogP contribution in [0.5, 0.6) is 0 Å². The van der Waals surface area contributed by atoms with E-state index < -0.39 is 0 Å². The Kier molecular flexibility index (Phi) is 4.55. The monoisotopic (exact) mass is 291 g/mol. The van der Waals surface area contributed by atoms with Crippen molar-refractivity contribution in [2.75, 3.05) is 12.4 Å². The minimum absolute atomic E-state index is 0.0202. The third-order valence-electron chi connectivity index (χ3n) is 3.24. The molecule has 1 heterocycles. The summed E-state index contributed by atoms with van der Waals surface area (Å²) in [5, 5.41) is 2.95. The number of rotatable bonds is 5. The van der Waals surface area contributed by atoms with E-state index in [4.69, 9.17) is 11.6 Å². The maximum atomic E-state index is 12.3. The van der Waals surface area contributed by atoms with Crippen LogP contribution >= 0.6 is 11.6 Å². The molecule has 4 nitrogen and oxygen atoms in total. The second kappa shape index (κ2) is 6.18. The van der Waals surface area contributed by atoms with E-state index in [-0.39, 0.29) is 11.3 Å². The summed E-state index contributed by atoms with van der Waals surface area (Å²) in [5.41, 5.74) is 1.88. The summed E-state index contributed by atoms with van der Waals surface area (Å²) in [7, 11) is 0. The summed E-state index contributed by atoms with van der Waals surface area (Å²) in [5.74, 6) is 0.460. The molecule has 1 aromatic heterocycles. The molecule has 0 aliphatic rings. The number of para-hydroxylation sites is 1. The number of nitrogens with zero attached hydrogens (tertiary/aromatic N) is 2. The van der Waals surface area contributed by atoms with Crippen LogP contribution in [0.15, 0.2) is 30.6 Å². The Morgan fingerprint density at radius 3 is 2.80 bits per heavy atom. The van der Waals surface area contributed by atoms with Crippen LogP contribution < -0.4 is 5.32 Å². The summed E-state index contributed by atoms with van der Waals surface area (Å²) in [4.78, 5) is 20.7. The van der Waals surface area contributed by atoms with Crippen LogP contribution in [-0.2, 0) is 0 Å². The van der Waals surface area contributed by atoms with Crippen molar-refractivity contribution in [1.82, 2.24) is 15.3 Å². The van der Waals surface area contributed by atoms with Crippen molar-refractivity contribution in [2.24, 2.45) is 5.41 Å². The lowest BCUT2D eigenvalue weighted by Crippen LogP contribution is -2.34. The predicted molar refractivity (Wildman–Crippen MR) is 81.0 cm³/mol. The van der Waals surface area contributed by atoms with Crippen LogP contribution in [0.2, 0.25) is 0 Å². The molecule has 2 rings (SSSR count). The first-order valence-corrected chi connectivity index (χ1v) is 7.11. The highest BCUT2D eigenvalue weighted by Crippen LogP contribution is 2.20. The van der Waals surface area contributed by atoms with Gasteiger partial charge in [0.1, 0.15) is 5.52 Å². The lowest BCUT2D eigenvalue weighted by atomic mass is 9.90. The number of amides is 1. The van der Waals surface area contributed by atoms with E-state index in [1.54, 1.807) is 18.5 Å². The zero-order valence-electron chi connectivity index (χ0n) is 11.7. The third-order valence-corrected chi connectivity index (χ3v) is 3.43. The number of aromatic nitrogens is 2. The molecule has 0 saturated heterocycles. The molecule has 0 fully saturated rings. The van der Waals surface area contributed by atoms with Crippen molar-refractivity contribution >= 4 is 28.5 Å². The molecule has 0 spiro atoms. The lowest BCUT2D eigenvalue weighted by molar-refractivity contribution is 0.0937. The van der Waals surface area contributed by atoms with Crippen molar-refractivity contribution in [2.45, 2.75) is 20.3 Å². The second-order valence-electron chi connectivity index (χ2n) is 5.52. The van der Waals surface area contributed by atoms with Gasteiger partial charge in [-0.3, -0.25) is 14.8 Å². The number of fused-ring (bicyclic) bond motifs is 1. The number of carbonyl (C=O) groups excluding carboxylic acids is 1. The molecule has 0 atom stereocenters. The van der Waals surface area contributed by atoms with Crippen molar-refractivity contribution in [1.29, 1.82) is 0 Å². The number of hydrogen-bond acceptors (Lipinski definition) is 3. The molecule has 0 unspecified atom stereocenters. The zero-order chi connectivity index (χ0) is 14.6. The summed E-state index contributed by atoms with van der Waals surface area (Å²) in [6, 6.07) is 5.42. The smallest absolute Gasteiger partial charge is 0.253 e. The molecule has 0 bridgehead atoms. The Bertz CT molecular complexity index is 608. The highest BCUT2D eigenvalue weighted by atomic mass is 35.5. The summed E-state index contributed by atoms with van der Waals surface area (Å²) in [6.45, 7) is 4.74. The number of alkyl halides is 1. The van der Waals surface area contributed by atoms with Crippen LogP contribution in [-0.4, -0.2) is 28.3 Å². The SMILES string of the molecule is CC(C)(CCCl)CNC(=O)c1cccc2nccnc12. The summed E-state index contributed by atoms with van der Waals surface area (Å²) in [6.07, 6.45) is 4.06. The molecular formula is C15H18ClN3O. The molecule has 1 amide bonds. The van der Waals surface area contributed by atoms with Gasteiger partial charge in [0.15, 0.2) is 0 Å². The Morgan fingerprint density at radius 1 is 1.30 bits per heavy atom. The topological polar surface area (TPSA) is 54.9 Å². The largest absolute Gasteiger partial charge is 0.351 e. The van der Waals surface area contributed by atoms with E-state index in [9.17, 15) is 4.79 Å². The van der Waals surface area contributed by atoms with E-state index in [0.717, 1.165) is 11.9 Å². The molecule has 1 N–H and O–H groups in total. The molecule has 20 heavy (non-hydrogen) atoms. The third kappa shape index (κ3) is 3.45. The van der Waals surface area contributed by atoms with Gasteiger partial charge in [0, 0.05) is 24.8 Å². The number of carbonyl (C=O) groups is 1. The van der Waals surface area contributed by atoms with Gasteiger partial charge in [-0.2, -0.15) is 0 Å². The van der Waals surface area contributed by atoms with Crippen LogP contribution in [0.25, 0.3) is 11.0 Å². The Hall–Kier alpha value is -1.68. The minimum atomic E-state index is -0.126. The van der Waals surface area contributed by atoms with E-state index in [2.05, 4.69) is 29.1 Å². The molecule has 106 valence electrons. The molecule has 0 radical (unpaired) electrons. The summed E-state index contributed by atoms with van der Waals surface area (Å²) >= 11 is 5.77. The molecular weight excluding hydrogens is 274 g/mol. The van der Waals surface area contributed by atoms with Crippen LogP contribution in [0.4, 0.5) is 0 Å². The number of nitrogens with one attached hydrogen (secondary N) is 1. The van der Waals surface area contributed by atoms with Gasteiger partial charge in [-0.1, -0.05) is 19.9 Å². The van der Waals surface area contributed by atoms with E-state index in [0.29, 0.717) is 23.5 Å². The molecule has 5 heteroatoms. The Balaban J connectivity index is 2.16. The zero-order valence-corrected chi connectivity index (χ0v) is 12.4. The quantitative estimate of drug-likeness (QED) is 0.862. The Labute approximate surface area is 123 Å². The molecule has 2 aromatic rings. The fourth-order valence-corrected chi connectivity index (χ4v) is 2.45. The predicted octanol–water partition coefficient (Wildman–Crippen LogP) is 3.01. The van der Waals surface area contributed by atoms with Crippen molar-refractivity contribution in [3.8, 4) is 0 Å². The average molecular weight is 292 g/mol. The molecule has 0 aliphatic carbocycles. The van der Waals surface area contributed by atoms with Gasteiger partial charge in [0.2, 0.25) is 0 Å². The first kappa shape index (κ1) is 14.7. The highest BCUT2D eigenvalue weighted by molar-refractivity contribution is 6.17. The number of benzene rings is 1. The maximum absolute atomic E-state index is 12.3. The van der Waals surface area contributed by atoms with Gasteiger partial charge in [-0.25, -0.2) is 0 Å². The van der Waals surface area contributed by atoms with Gasteiger partial charge in [0.25, 0.3) is 5.91 Å². The van der Waals surface area contributed by atoms with Crippen LogP contribution in [0, 0.1) is 5.41 Å². The van der Waals surface area contributed by atoms with Crippen LogP contribution in [0.1, 0.15) is 30.6 Å². The lowest BCUT2D eigenvalue weighted by Gasteiger charge is -2.23. The summed E-state index contributed by atoms with van der Waals surface area (Å²) < 4.78 is 0. The van der Waals surface area contributed by atoms with Gasteiger partial charge in [-0.15, -0.1) is 11.6 Å².